The molecule has 0 amide bonds. The van der Waals surface area contributed by atoms with Gasteiger partial charge in [0.2, 0.25) is 0 Å². The Morgan fingerprint density at radius 1 is 1.50 bits per heavy atom. The van der Waals surface area contributed by atoms with E-state index in [-0.39, 0.29) is 10.5 Å². The van der Waals surface area contributed by atoms with Crippen LogP contribution in [0, 0.1) is 0 Å². The number of Topliss-reactive ketones (excluding diaryl/α,β-unsaturated/α-hetero) is 1. The molecule has 2 nitrogen and oxygen atoms in total. The SMILES string of the molecule is CC1(C(=O)c2ccncc2)CCCS1. The van der Waals surface area contributed by atoms with E-state index in [0.29, 0.717) is 0 Å². The molecule has 1 saturated heterocycles. The van der Waals surface area contributed by atoms with Crippen molar-refractivity contribution >= 4 is 17.5 Å². The van der Waals surface area contributed by atoms with Gasteiger partial charge in [-0.15, -0.1) is 11.8 Å². The number of hydrogen-bond donors (Lipinski definition) is 0. The first kappa shape index (κ1) is 9.71. The number of nitrogens with zero attached hydrogens (tertiary/aromatic N) is 1. The fourth-order valence-corrected chi connectivity index (χ4v) is 3.04. The zero-order valence-corrected chi connectivity index (χ0v) is 9.01. The summed E-state index contributed by atoms with van der Waals surface area (Å²) in [5.41, 5.74) is 0.789. The molecule has 1 atom stereocenters. The Hall–Kier alpha value is -0.830. The summed E-state index contributed by atoms with van der Waals surface area (Å²) in [5.74, 6) is 1.36. The van der Waals surface area contributed by atoms with Crippen LogP contribution in [0.1, 0.15) is 30.1 Å². The molecule has 1 aliphatic rings. The molecule has 2 heterocycles. The number of ketones is 1. The maximum Gasteiger partial charge on any atom is 0.178 e. The third-order valence-corrected chi connectivity index (χ3v) is 4.16. The first-order valence-corrected chi connectivity index (χ1v) is 5.80. The van der Waals surface area contributed by atoms with Crippen LogP contribution in [0.2, 0.25) is 0 Å². The van der Waals surface area contributed by atoms with Crippen molar-refractivity contribution in [2.75, 3.05) is 5.75 Å². The highest BCUT2D eigenvalue weighted by atomic mass is 32.2. The van der Waals surface area contributed by atoms with Gasteiger partial charge >= 0.3 is 0 Å². The minimum Gasteiger partial charge on any atom is -0.293 e. The number of thioether (sulfide) groups is 1. The Kier molecular flexibility index (Phi) is 2.59. The van der Waals surface area contributed by atoms with Gasteiger partial charge in [0.1, 0.15) is 0 Å². The Morgan fingerprint density at radius 2 is 2.21 bits per heavy atom. The minimum atomic E-state index is -0.193. The molecule has 1 unspecified atom stereocenters. The number of carbonyl (C=O) groups is 1. The average Bonchev–Trinajstić information content (AvgIpc) is 2.67. The van der Waals surface area contributed by atoms with Crippen LogP contribution < -0.4 is 0 Å². The van der Waals surface area contributed by atoms with Crippen molar-refractivity contribution in [1.82, 2.24) is 4.98 Å². The molecule has 1 fully saturated rings. The zero-order chi connectivity index (χ0) is 10.0. The smallest absolute Gasteiger partial charge is 0.178 e. The molecule has 0 N–H and O–H groups in total. The van der Waals surface area contributed by atoms with Gasteiger partial charge in [-0.2, -0.15) is 0 Å². The van der Waals surface area contributed by atoms with E-state index in [4.69, 9.17) is 0 Å². The summed E-state index contributed by atoms with van der Waals surface area (Å²) >= 11 is 1.78. The molecular formula is C11H13NOS. The summed E-state index contributed by atoms with van der Waals surface area (Å²) in [6, 6.07) is 3.60. The maximum atomic E-state index is 12.1. The Labute approximate surface area is 88.1 Å². The van der Waals surface area contributed by atoms with Gasteiger partial charge in [0.25, 0.3) is 0 Å². The second kappa shape index (κ2) is 3.73. The van der Waals surface area contributed by atoms with Crippen LogP contribution in [-0.4, -0.2) is 21.3 Å². The van der Waals surface area contributed by atoms with E-state index in [9.17, 15) is 4.79 Å². The predicted octanol–water partition coefficient (Wildman–Crippen LogP) is 2.55. The summed E-state index contributed by atoms with van der Waals surface area (Å²) in [6.45, 7) is 2.05. The van der Waals surface area contributed by atoms with Crippen LogP contribution in [-0.2, 0) is 0 Å². The van der Waals surface area contributed by atoms with E-state index >= 15 is 0 Å². The molecule has 1 aromatic rings. The van der Waals surface area contributed by atoms with Gasteiger partial charge in [0.15, 0.2) is 5.78 Å². The zero-order valence-electron chi connectivity index (χ0n) is 8.19. The molecule has 14 heavy (non-hydrogen) atoms. The van der Waals surface area contributed by atoms with Crippen LogP contribution in [0.15, 0.2) is 24.5 Å². The molecular weight excluding hydrogens is 194 g/mol. The van der Waals surface area contributed by atoms with Crippen molar-refractivity contribution in [2.45, 2.75) is 24.5 Å². The lowest BCUT2D eigenvalue weighted by Gasteiger charge is -2.20. The summed E-state index contributed by atoms with van der Waals surface area (Å²) in [5, 5.41) is 0. The Morgan fingerprint density at radius 3 is 2.79 bits per heavy atom. The highest BCUT2D eigenvalue weighted by Gasteiger charge is 2.37. The summed E-state index contributed by atoms with van der Waals surface area (Å²) in [4.78, 5) is 16.0. The summed E-state index contributed by atoms with van der Waals surface area (Å²) in [6.07, 6.45) is 5.50. The number of carbonyl (C=O) groups excluding carboxylic acids is 1. The highest BCUT2D eigenvalue weighted by molar-refractivity contribution is 8.01. The number of aromatic nitrogens is 1. The normalized spacial score (nSPS) is 26.4. The molecule has 2 rings (SSSR count). The molecule has 0 radical (unpaired) electrons. The van der Waals surface area contributed by atoms with E-state index in [1.54, 1.807) is 36.3 Å². The highest BCUT2D eigenvalue weighted by Crippen LogP contribution is 2.40. The van der Waals surface area contributed by atoms with Crippen LogP contribution >= 0.6 is 11.8 Å². The molecule has 3 heteroatoms. The lowest BCUT2D eigenvalue weighted by atomic mass is 9.95. The van der Waals surface area contributed by atoms with Gasteiger partial charge in [0.05, 0.1) is 4.75 Å². The van der Waals surface area contributed by atoms with Crippen molar-refractivity contribution in [2.24, 2.45) is 0 Å². The van der Waals surface area contributed by atoms with Gasteiger partial charge in [-0.05, 0) is 37.7 Å². The van der Waals surface area contributed by atoms with Gasteiger partial charge in [-0.1, -0.05) is 0 Å². The third kappa shape index (κ3) is 1.69. The van der Waals surface area contributed by atoms with Crippen LogP contribution in [0.3, 0.4) is 0 Å². The van der Waals surface area contributed by atoms with Crippen LogP contribution in [0.25, 0.3) is 0 Å². The van der Waals surface area contributed by atoms with Crippen molar-refractivity contribution in [3.05, 3.63) is 30.1 Å². The van der Waals surface area contributed by atoms with E-state index in [0.717, 1.165) is 24.2 Å². The molecule has 0 spiro atoms. The van der Waals surface area contributed by atoms with Crippen LogP contribution in [0.5, 0.6) is 0 Å². The van der Waals surface area contributed by atoms with Crippen molar-refractivity contribution in [3.63, 3.8) is 0 Å². The lowest BCUT2D eigenvalue weighted by molar-refractivity contribution is 0.0949. The summed E-state index contributed by atoms with van der Waals surface area (Å²) in [7, 11) is 0. The summed E-state index contributed by atoms with van der Waals surface area (Å²) < 4.78 is -0.193. The Bertz CT molecular complexity index is 330. The number of rotatable bonds is 2. The molecule has 0 bridgehead atoms. The van der Waals surface area contributed by atoms with Gasteiger partial charge < -0.3 is 0 Å². The van der Waals surface area contributed by atoms with Crippen molar-refractivity contribution < 1.29 is 4.79 Å². The minimum absolute atomic E-state index is 0.193. The lowest BCUT2D eigenvalue weighted by Crippen LogP contribution is -2.28. The van der Waals surface area contributed by atoms with Crippen molar-refractivity contribution in [1.29, 1.82) is 0 Å². The van der Waals surface area contributed by atoms with E-state index in [2.05, 4.69) is 4.98 Å². The molecule has 74 valence electrons. The first-order valence-electron chi connectivity index (χ1n) is 4.81. The average molecular weight is 207 g/mol. The Balaban J connectivity index is 2.24. The van der Waals surface area contributed by atoms with Gasteiger partial charge in [-0.3, -0.25) is 9.78 Å². The van der Waals surface area contributed by atoms with E-state index < -0.39 is 0 Å². The maximum absolute atomic E-state index is 12.1. The quantitative estimate of drug-likeness (QED) is 0.698. The standard InChI is InChI=1S/C11H13NOS/c1-11(5-2-8-14-11)10(13)9-3-6-12-7-4-9/h3-4,6-7H,2,5,8H2,1H3. The second-order valence-corrected chi connectivity index (χ2v) is 5.35. The second-order valence-electron chi connectivity index (χ2n) is 3.75. The van der Waals surface area contributed by atoms with Gasteiger partial charge in [0, 0.05) is 18.0 Å². The monoisotopic (exact) mass is 207 g/mol. The topological polar surface area (TPSA) is 30.0 Å². The van der Waals surface area contributed by atoms with Crippen LogP contribution in [0.4, 0.5) is 0 Å². The fraction of sp³-hybridized carbons (Fsp3) is 0.455. The fourth-order valence-electron chi connectivity index (χ4n) is 1.77. The van der Waals surface area contributed by atoms with Crippen molar-refractivity contribution in [3.8, 4) is 0 Å². The number of pyridine rings is 1. The van der Waals surface area contributed by atoms with Gasteiger partial charge in [-0.25, -0.2) is 0 Å². The molecule has 0 aromatic carbocycles. The molecule has 1 aliphatic heterocycles. The van der Waals surface area contributed by atoms with E-state index in [1.807, 2.05) is 6.92 Å². The first-order chi connectivity index (χ1) is 6.72. The third-order valence-electron chi connectivity index (χ3n) is 2.64. The molecule has 1 aromatic heterocycles. The largest absolute Gasteiger partial charge is 0.293 e. The molecule has 0 aliphatic carbocycles. The predicted molar refractivity (Wildman–Crippen MR) is 58.7 cm³/mol. The molecule has 0 saturated carbocycles. The number of hydrogen-bond acceptors (Lipinski definition) is 3. The van der Waals surface area contributed by atoms with E-state index in [1.165, 1.54) is 0 Å².